The van der Waals surface area contributed by atoms with Crippen LogP contribution in [0.5, 0.6) is 11.5 Å². The fourth-order valence-corrected chi connectivity index (χ4v) is 6.10. The van der Waals surface area contributed by atoms with Gasteiger partial charge in [0, 0.05) is 28.9 Å². The number of nitrogens with two attached hydrogens (primary N) is 1. The van der Waals surface area contributed by atoms with Gasteiger partial charge in [0.1, 0.15) is 45.3 Å². The molecule has 1 atom stereocenters. The molecule has 2 aliphatic heterocycles. The standard InChI is InChI=1S/C34H23N3O5/c1-19-12-13-24-22(14-19)34(33(40)37(24)18-20-8-4-2-5-9-20)23(17-35)32(36)42-28-16-27-29(31(39)30(28)34)25(38)15-26(41-27)21-10-6-3-7-11-21/h2-16,39H,18,36H2,1H3. The van der Waals surface area contributed by atoms with E-state index in [-0.39, 0.29) is 40.3 Å². The number of aryl methyl sites for hydroxylation is 1. The Hall–Kier alpha value is -5.81. The summed E-state index contributed by atoms with van der Waals surface area (Å²) in [6, 6.07) is 28.9. The van der Waals surface area contributed by atoms with Crippen LogP contribution in [0, 0.1) is 18.3 Å². The molecular formula is C34H23N3O5. The van der Waals surface area contributed by atoms with Gasteiger partial charge in [-0.1, -0.05) is 78.4 Å². The van der Waals surface area contributed by atoms with E-state index in [9.17, 15) is 20.0 Å². The molecule has 42 heavy (non-hydrogen) atoms. The molecule has 7 rings (SSSR count). The van der Waals surface area contributed by atoms with Gasteiger partial charge in [-0.3, -0.25) is 9.59 Å². The van der Waals surface area contributed by atoms with Gasteiger partial charge in [-0.05, 0) is 18.6 Å². The van der Waals surface area contributed by atoms with Crippen molar-refractivity contribution in [3.8, 4) is 28.9 Å². The third kappa shape index (κ3) is 3.40. The summed E-state index contributed by atoms with van der Waals surface area (Å²) in [6.45, 7) is 2.08. The normalized spacial score (nSPS) is 17.2. The van der Waals surface area contributed by atoms with E-state index in [2.05, 4.69) is 6.07 Å². The highest BCUT2D eigenvalue weighted by molar-refractivity contribution is 6.15. The highest BCUT2D eigenvalue weighted by Crippen LogP contribution is 2.59. The van der Waals surface area contributed by atoms with Crippen molar-refractivity contribution in [2.45, 2.75) is 18.9 Å². The molecule has 0 bridgehead atoms. The minimum absolute atomic E-state index is 0.0204. The molecule has 0 saturated heterocycles. The van der Waals surface area contributed by atoms with Gasteiger partial charge in [-0.2, -0.15) is 5.26 Å². The van der Waals surface area contributed by atoms with Crippen molar-refractivity contribution in [3.63, 3.8) is 0 Å². The number of carbonyl (C=O) groups is 1. The molecule has 3 heterocycles. The second-order valence-corrected chi connectivity index (χ2v) is 10.4. The van der Waals surface area contributed by atoms with Crippen molar-refractivity contribution in [1.82, 2.24) is 0 Å². The maximum Gasteiger partial charge on any atom is 0.248 e. The number of nitriles is 1. The fraction of sp³-hybridized carbons (Fsp3) is 0.0882. The van der Waals surface area contributed by atoms with Crippen LogP contribution in [0.1, 0.15) is 22.3 Å². The average Bonchev–Trinajstić information content (AvgIpc) is 3.20. The van der Waals surface area contributed by atoms with Crippen LogP contribution in [0.25, 0.3) is 22.3 Å². The Morgan fingerprint density at radius 1 is 0.976 bits per heavy atom. The van der Waals surface area contributed by atoms with E-state index >= 15 is 0 Å². The number of phenols is 1. The second kappa shape index (κ2) is 9.11. The van der Waals surface area contributed by atoms with Crippen molar-refractivity contribution in [2.75, 3.05) is 4.90 Å². The van der Waals surface area contributed by atoms with Crippen LogP contribution >= 0.6 is 0 Å². The molecule has 0 aliphatic carbocycles. The van der Waals surface area contributed by atoms with Gasteiger partial charge >= 0.3 is 0 Å². The summed E-state index contributed by atoms with van der Waals surface area (Å²) in [5.41, 5.74) is 7.25. The lowest BCUT2D eigenvalue weighted by molar-refractivity contribution is -0.121. The van der Waals surface area contributed by atoms with Crippen molar-refractivity contribution >= 4 is 22.6 Å². The Balaban J connectivity index is 1.54. The molecule has 1 aromatic heterocycles. The quantitative estimate of drug-likeness (QED) is 0.306. The van der Waals surface area contributed by atoms with Crippen LogP contribution in [0.2, 0.25) is 0 Å². The first kappa shape index (κ1) is 25.2. The van der Waals surface area contributed by atoms with E-state index in [1.54, 1.807) is 17.0 Å². The minimum atomic E-state index is -1.86. The van der Waals surface area contributed by atoms with Gasteiger partial charge in [0.2, 0.25) is 11.8 Å². The van der Waals surface area contributed by atoms with Gasteiger partial charge in [-0.15, -0.1) is 0 Å². The number of phenolic OH excluding ortho intramolecular Hbond substituents is 1. The van der Waals surface area contributed by atoms with Crippen LogP contribution in [-0.4, -0.2) is 11.0 Å². The Labute approximate surface area is 240 Å². The first-order valence-corrected chi connectivity index (χ1v) is 13.3. The molecule has 2 aliphatic rings. The molecule has 0 saturated carbocycles. The molecule has 8 nitrogen and oxygen atoms in total. The first-order chi connectivity index (χ1) is 20.3. The molecule has 4 aromatic carbocycles. The van der Waals surface area contributed by atoms with Gasteiger partial charge < -0.3 is 24.9 Å². The maximum atomic E-state index is 14.8. The third-order valence-electron chi connectivity index (χ3n) is 7.94. The molecule has 5 aromatic rings. The van der Waals surface area contributed by atoms with E-state index in [0.29, 0.717) is 22.6 Å². The zero-order valence-electron chi connectivity index (χ0n) is 22.4. The number of aromatic hydroxyl groups is 1. The Kier molecular flexibility index (Phi) is 5.46. The van der Waals surface area contributed by atoms with E-state index in [1.165, 1.54) is 12.1 Å². The third-order valence-corrected chi connectivity index (χ3v) is 7.94. The largest absolute Gasteiger partial charge is 0.507 e. The molecule has 0 fully saturated rings. The van der Waals surface area contributed by atoms with Crippen molar-refractivity contribution in [3.05, 3.63) is 135 Å². The Bertz CT molecular complexity index is 2080. The number of hydrogen-bond donors (Lipinski definition) is 2. The van der Waals surface area contributed by atoms with Gasteiger partial charge in [0.15, 0.2) is 5.43 Å². The minimum Gasteiger partial charge on any atom is -0.507 e. The predicted octanol–water partition coefficient (Wildman–Crippen LogP) is 5.39. The number of rotatable bonds is 3. The number of benzene rings is 4. The number of anilines is 1. The summed E-state index contributed by atoms with van der Waals surface area (Å²) >= 11 is 0. The van der Waals surface area contributed by atoms with Crippen LogP contribution in [0.15, 0.2) is 112 Å². The SMILES string of the molecule is Cc1ccc2c(c1)C1(C(=O)N2Cc2ccccc2)C(C#N)=C(N)Oc2cc3oc(-c4ccccc4)cc(=O)c3c(O)c21. The lowest BCUT2D eigenvalue weighted by atomic mass is 9.68. The Morgan fingerprint density at radius 2 is 1.69 bits per heavy atom. The molecule has 1 spiro atoms. The highest BCUT2D eigenvalue weighted by Gasteiger charge is 2.60. The summed E-state index contributed by atoms with van der Waals surface area (Å²) < 4.78 is 12.0. The molecule has 1 unspecified atom stereocenters. The smallest absolute Gasteiger partial charge is 0.248 e. The number of ether oxygens (including phenoxy) is 1. The van der Waals surface area contributed by atoms with Gasteiger partial charge in [0.05, 0.1) is 12.1 Å². The van der Waals surface area contributed by atoms with Crippen LogP contribution in [-0.2, 0) is 16.8 Å². The molecular weight excluding hydrogens is 530 g/mol. The summed E-state index contributed by atoms with van der Waals surface area (Å²) in [6.07, 6.45) is 0. The first-order valence-electron chi connectivity index (χ1n) is 13.3. The molecule has 1 amide bonds. The van der Waals surface area contributed by atoms with E-state index in [1.807, 2.05) is 73.7 Å². The molecule has 204 valence electrons. The number of nitrogens with zero attached hydrogens (tertiary/aromatic N) is 2. The average molecular weight is 554 g/mol. The number of amides is 1. The zero-order chi connectivity index (χ0) is 29.2. The van der Waals surface area contributed by atoms with Crippen LogP contribution < -0.4 is 20.8 Å². The number of carbonyl (C=O) groups excluding carboxylic acids is 1. The zero-order valence-corrected chi connectivity index (χ0v) is 22.4. The van der Waals surface area contributed by atoms with E-state index < -0.39 is 22.5 Å². The van der Waals surface area contributed by atoms with E-state index in [0.717, 1.165) is 11.1 Å². The van der Waals surface area contributed by atoms with Crippen LogP contribution in [0.3, 0.4) is 0 Å². The summed E-state index contributed by atoms with van der Waals surface area (Å²) in [4.78, 5) is 29.9. The number of hydrogen-bond acceptors (Lipinski definition) is 7. The topological polar surface area (TPSA) is 130 Å². The lowest BCUT2D eigenvalue weighted by Gasteiger charge is -2.35. The summed E-state index contributed by atoms with van der Waals surface area (Å²) in [5, 5.41) is 22.2. The molecule has 3 N–H and O–H groups in total. The molecule has 0 radical (unpaired) electrons. The number of fused-ring (bicyclic) bond motifs is 5. The monoisotopic (exact) mass is 553 g/mol. The lowest BCUT2D eigenvalue weighted by Crippen LogP contribution is -2.45. The van der Waals surface area contributed by atoms with Crippen molar-refractivity contribution < 1.29 is 19.1 Å². The Morgan fingerprint density at radius 3 is 2.40 bits per heavy atom. The van der Waals surface area contributed by atoms with Gasteiger partial charge in [-0.25, -0.2) is 0 Å². The predicted molar refractivity (Wildman–Crippen MR) is 157 cm³/mol. The van der Waals surface area contributed by atoms with Gasteiger partial charge in [0.25, 0.3) is 0 Å². The maximum absolute atomic E-state index is 14.8. The van der Waals surface area contributed by atoms with E-state index in [4.69, 9.17) is 14.9 Å². The van der Waals surface area contributed by atoms with Crippen molar-refractivity contribution in [2.24, 2.45) is 5.73 Å². The summed E-state index contributed by atoms with van der Waals surface area (Å²) in [5.74, 6) is -0.944. The van der Waals surface area contributed by atoms with Crippen LogP contribution in [0.4, 0.5) is 5.69 Å². The van der Waals surface area contributed by atoms with Crippen molar-refractivity contribution in [1.29, 1.82) is 5.26 Å². The summed E-state index contributed by atoms with van der Waals surface area (Å²) in [7, 11) is 0. The molecule has 8 heteroatoms. The fourth-order valence-electron chi connectivity index (χ4n) is 6.10. The highest BCUT2D eigenvalue weighted by atomic mass is 16.5. The second-order valence-electron chi connectivity index (χ2n) is 10.4.